The SMILES string of the molecule is Cc1cc(C(N)=S)nc(NC2CCCCC2C)n1. The molecule has 1 aliphatic carbocycles. The van der Waals surface area contributed by atoms with Gasteiger partial charge in [0.25, 0.3) is 0 Å². The molecule has 0 saturated heterocycles. The molecule has 0 bridgehead atoms. The van der Waals surface area contributed by atoms with Crippen molar-refractivity contribution < 1.29 is 0 Å². The van der Waals surface area contributed by atoms with Crippen molar-refractivity contribution >= 4 is 23.2 Å². The topological polar surface area (TPSA) is 63.8 Å². The van der Waals surface area contributed by atoms with Crippen LogP contribution in [0.2, 0.25) is 0 Å². The lowest BCUT2D eigenvalue weighted by Crippen LogP contribution is -2.31. The highest BCUT2D eigenvalue weighted by Crippen LogP contribution is 2.25. The van der Waals surface area contributed by atoms with Crippen LogP contribution in [0, 0.1) is 12.8 Å². The molecule has 1 aromatic heterocycles. The highest BCUT2D eigenvalue weighted by molar-refractivity contribution is 7.80. The van der Waals surface area contributed by atoms with Gasteiger partial charge in [-0.2, -0.15) is 0 Å². The third-order valence-corrected chi connectivity index (χ3v) is 3.74. The monoisotopic (exact) mass is 264 g/mol. The van der Waals surface area contributed by atoms with Gasteiger partial charge in [-0.3, -0.25) is 0 Å². The number of aryl methyl sites for hydroxylation is 1. The Hall–Kier alpha value is -1.23. The van der Waals surface area contributed by atoms with Gasteiger partial charge < -0.3 is 11.1 Å². The molecule has 1 aromatic rings. The van der Waals surface area contributed by atoms with E-state index in [2.05, 4.69) is 22.2 Å². The van der Waals surface area contributed by atoms with Gasteiger partial charge in [-0.1, -0.05) is 32.0 Å². The summed E-state index contributed by atoms with van der Waals surface area (Å²) in [5.74, 6) is 1.31. The summed E-state index contributed by atoms with van der Waals surface area (Å²) in [6.45, 7) is 4.21. The van der Waals surface area contributed by atoms with E-state index >= 15 is 0 Å². The van der Waals surface area contributed by atoms with Gasteiger partial charge in [0.15, 0.2) is 0 Å². The molecule has 1 heterocycles. The molecule has 5 heteroatoms. The first-order chi connectivity index (χ1) is 8.56. The van der Waals surface area contributed by atoms with E-state index in [1.165, 1.54) is 25.7 Å². The summed E-state index contributed by atoms with van der Waals surface area (Å²) in [6, 6.07) is 2.28. The molecule has 18 heavy (non-hydrogen) atoms. The second-order valence-corrected chi connectivity index (χ2v) is 5.53. The molecular weight excluding hydrogens is 244 g/mol. The van der Waals surface area contributed by atoms with Gasteiger partial charge >= 0.3 is 0 Å². The Kier molecular flexibility index (Phi) is 4.11. The predicted molar refractivity (Wildman–Crippen MR) is 77.7 cm³/mol. The summed E-state index contributed by atoms with van der Waals surface area (Å²) in [5, 5.41) is 3.43. The van der Waals surface area contributed by atoms with E-state index in [1.807, 2.05) is 13.0 Å². The minimum Gasteiger partial charge on any atom is -0.388 e. The smallest absolute Gasteiger partial charge is 0.223 e. The van der Waals surface area contributed by atoms with Gasteiger partial charge in [-0.25, -0.2) is 9.97 Å². The van der Waals surface area contributed by atoms with E-state index in [1.54, 1.807) is 0 Å². The van der Waals surface area contributed by atoms with Gasteiger partial charge in [0, 0.05) is 11.7 Å². The van der Waals surface area contributed by atoms with Gasteiger partial charge in [0.2, 0.25) is 5.95 Å². The van der Waals surface area contributed by atoms with Gasteiger partial charge in [0.1, 0.15) is 10.7 Å². The van der Waals surface area contributed by atoms with Crippen molar-refractivity contribution in [1.29, 1.82) is 0 Å². The third-order valence-electron chi connectivity index (χ3n) is 3.53. The van der Waals surface area contributed by atoms with E-state index in [-0.39, 0.29) is 0 Å². The average molecular weight is 264 g/mol. The van der Waals surface area contributed by atoms with E-state index in [9.17, 15) is 0 Å². The summed E-state index contributed by atoms with van der Waals surface area (Å²) in [5.41, 5.74) is 7.16. The molecule has 1 fully saturated rings. The van der Waals surface area contributed by atoms with E-state index in [4.69, 9.17) is 18.0 Å². The highest BCUT2D eigenvalue weighted by Gasteiger charge is 2.22. The lowest BCUT2D eigenvalue weighted by atomic mass is 9.86. The number of aromatic nitrogens is 2. The molecule has 4 nitrogen and oxygen atoms in total. The van der Waals surface area contributed by atoms with Crippen molar-refractivity contribution in [3.8, 4) is 0 Å². The predicted octanol–water partition coefficient (Wildman–Crippen LogP) is 2.41. The fourth-order valence-electron chi connectivity index (χ4n) is 2.46. The zero-order valence-electron chi connectivity index (χ0n) is 10.9. The van der Waals surface area contributed by atoms with Crippen LogP contribution in [0.4, 0.5) is 5.95 Å². The first kappa shape index (κ1) is 13.2. The van der Waals surface area contributed by atoms with E-state index in [0.717, 1.165) is 5.69 Å². The number of nitrogens with one attached hydrogen (secondary N) is 1. The first-order valence-electron chi connectivity index (χ1n) is 6.48. The average Bonchev–Trinajstić information content (AvgIpc) is 2.31. The Bertz CT molecular complexity index is 447. The Morgan fingerprint density at radius 3 is 2.78 bits per heavy atom. The quantitative estimate of drug-likeness (QED) is 0.821. The van der Waals surface area contributed by atoms with Crippen molar-refractivity contribution in [3.63, 3.8) is 0 Å². The lowest BCUT2D eigenvalue weighted by Gasteiger charge is -2.29. The highest BCUT2D eigenvalue weighted by atomic mass is 32.1. The Morgan fingerprint density at radius 2 is 2.11 bits per heavy atom. The number of hydrogen-bond donors (Lipinski definition) is 2. The summed E-state index contributed by atoms with van der Waals surface area (Å²) < 4.78 is 0. The van der Waals surface area contributed by atoms with Crippen LogP contribution in [0.25, 0.3) is 0 Å². The summed E-state index contributed by atoms with van der Waals surface area (Å²) in [6.07, 6.45) is 5.05. The van der Waals surface area contributed by atoms with Crippen molar-refractivity contribution in [2.24, 2.45) is 11.7 Å². The van der Waals surface area contributed by atoms with Crippen LogP contribution in [0.5, 0.6) is 0 Å². The summed E-state index contributed by atoms with van der Waals surface area (Å²) >= 11 is 4.97. The molecule has 2 rings (SSSR count). The molecule has 1 aliphatic rings. The number of anilines is 1. The maximum Gasteiger partial charge on any atom is 0.223 e. The van der Waals surface area contributed by atoms with Crippen LogP contribution in [0.1, 0.15) is 44.0 Å². The summed E-state index contributed by atoms with van der Waals surface area (Å²) in [4.78, 5) is 9.10. The van der Waals surface area contributed by atoms with Gasteiger partial charge in [-0.05, 0) is 31.7 Å². The van der Waals surface area contributed by atoms with Crippen LogP contribution in [0.15, 0.2) is 6.07 Å². The number of nitrogens with zero attached hydrogens (tertiary/aromatic N) is 2. The Labute approximate surface area is 113 Å². The molecule has 2 atom stereocenters. The molecular formula is C13H20N4S. The second-order valence-electron chi connectivity index (χ2n) is 5.09. The molecule has 0 spiro atoms. The number of hydrogen-bond acceptors (Lipinski definition) is 4. The zero-order chi connectivity index (χ0) is 13.1. The minimum atomic E-state index is 0.320. The number of nitrogens with two attached hydrogens (primary N) is 1. The molecule has 1 saturated carbocycles. The van der Waals surface area contributed by atoms with E-state index in [0.29, 0.717) is 28.6 Å². The normalized spacial score (nSPS) is 23.7. The molecule has 98 valence electrons. The third kappa shape index (κ3) is 3.16. The van der Waals surface area contributed by atoms with Crippen LogP contribution < -0.4 is 11.1 Å². The summed E-state index contributed by atoms with van der Waals surface area (Å²) in [7, 11) is 0. The van der Waals surface area contributed by atoms with E-state index < -0.39 is 0 Å². The van der Waals surface area contributed by atoms with Crippen molar-refractivity contribution in [3.05, 3.63) is 17.5 Å². The molecule has 2 unspecified atom stereocenters. The van der Waals surface area contributed by atoms with Crippen molar-refractivity contribution in [1.82, 2.24) is 9.97 Å². The molecule has 0 amide bonds. The maximum absolute atomic E-state index is 5.63. The number of rotatable bonds is 3. The number of thiocarbonyl (C=S) groups is 1. The zero-order valence-corrected chi connectivity index (χ0v) is 11.8. The molecule has 0 aliphatic heterocycles. The minimum absolute atomic E-state index is 0.320. The fraction of sp³-hybridized carbons (Fsp3) is 0.615. The van der Waals surface area contributed by atoms with Crippen LogP contribution in [-0.4, -0.2) is 21.0 Å². The van der Waals surface area contributed by atoms with Crippen molar-refractivity contribution in [2.75, 3.05) is 5.32 Å². The molecule has 0 aromatic carbocycles. The second kappa shape index (κ2) is 5.61. The van der Waals surface area contributed by atoms with Crippen LogP contribution >= 0.6 is 12.2 Å². The molecule has 0 radical (unpaired) electrons. The fourth-order valence-corrected chi connectivity index (χ4v) is 2.56. The van der Waals surface area contributed by atoms with Crippen LogP contribution in [0.3, 0.4) is 0 Å². The Morgan fingerprint density at radius 1 is 1.39 bits per heavy atom. The van der Waals surface area contributed by atoms with Gasteiger partial charge in [0.05, 0.1) is 0 Å². The first-order valence-corrected chi connectivity index (χ1v) is 6.89. The maximum atomic E-state index is 5.63. The van der Waals surface area contributed by atoms with Gasteiger partial charge in [-0.15, -0.1) is 0 Å². The van der Waals surface area contributed by atoms with Crippen LogP contribution in [-0.2, 0) is 0 Å². The largest absolute Gasteiger partial charge is 0.388 e. The Balaban J connectivity index is 2.15. The standard InChI is InChI=1S/C13H20N4S/c1-8-5-3-4-6-10(8)16-13-15-9(2)7-11(17-13)12(14)18/h7-8,10H,3-6H2,1-2H3,(H2,14,18)(H,15,16,17). The van der Waals surface area contributed by atoms with Crippen molar-refractivity contribution in [2.45, 2.75) is 45.6 Å². The lowest BCUT2D eigenvalue weighted by molar-refractivity contribution is 0.348. The molecule has 3 N–H and O–H groups in total.